The van der Waals surface area contributed by atoms with Crippen molar-refractivity contribution in [3.05, 3.63) is 29.8 Å². The average Bonchev–Trinajstić information content (AvgIpc) is 2.33. The summed E-state index contributed by atoms with van der Waals surface area (Å²) in [5.74, 6) is -0.673. The van der Waals surface area contributed by atoms with Crippen LogP contribution in [0, 0.1) is 0 Å². The molecule has 0 aliphatic carbocycles. The maximum absolute atomic E-state index is 12.1. The van der Waals surface area contributed by atoms with Gasteiger partial charge >= 0.3 is 6.36 Å². The number of benzene rings is 1. The van der Waals surface area contributed by atoms with E-state index in [9.17, 15) is 18.0 Å². The summed E-state index contributed by atoms with van der Waals surface area (Å²) in [6.45, 7) is -0.169. The molecular formula is C12H14F3NO3. The Morgan fingerprint density at radius 2 is 2.00 bits per heavy atom. The summed E-state index contributed by atoms with van der Waals surface area (Å²) in [5, 5.41) is 11.0. The Labute approximate surface area is 108 Å². The third-order valence-corrected chi connectivity index (χ3v) is 2.24. The van der Waals surface area contributed by atoms with E-state index in [4.69, 9.17) is 5.11 Å². The molecule has 1 aromatic carbocycles. The number of hydrogen-bond donors (Lipinski definition) is 2. The molecule has 2 N–H and O–H groups in total. The molecule has 7 heteroatoms. The van der Waals surface area contributed by atoms with Crippen molar-refractivity contribution in [2.24, 2.45) is 0 Å². The van der Waals surface area contributed by atoms with Crippen molar-refractivity contribution in [3.63, 3.8) is 0 Å². The maximum Gasteiger partial charge on any atom is 0.573 e. The molecule has 0 bridgehead atoms. The number of para-hydroxylation sites is 1. The van der Waals surface area contributed by atoms with Gasteiger partial charge in [0.05, 0.1) is 0 Å². The van der Waals surface area contributed by atoms with E-state index in [-0.39, 0.29) is 36.8 Å². The number of amides is 1. The summed E-state index contributed by atoms with van der Waals surface area (Å²) in [6, 6.07) is 5.59. The SMILES string of the molecule is O=C(CCCO)NCc1ccccc1OC(F)(F)F. The van der Waals surface area contributed by atoms with Gasteiger partial charge in [-0.25, -0.2) is 0 Å². The minimum absolute atomic E-state index is 0.0590. The van der Waals surface area contributed by atoms with Gasteiger partial charge in [0.2, 0.25) is 5.91 Å². The predicted molar refractivity (Wildman–Crippen MR) is 61.3 cm³/mol. The lowest BCUT2D eigenvalue weighted by molar-refractivity contribution is -0.274. The summed E-state index contributed by atoms with van der Waals surface area (Å²) in [7, 11) is 0. The minimum Gasteiger partial charge on any atom is -0.405 e. The molecule has 0 saturated heterocycles. The van der Waals surface area contributed by atoms with Crippen LogP contribution >= 0.6 is 0 Å². The first kappa shape index (κ1) is 15.3. The second-order valence-corrected chi connectivity index (χ2v) is 3.76. The van der Waals surface area contributed by atoms with Crippen molar-refractivity contribution in [2.75, 3.05) is 6.61 Å². The molecule has 0 aliphatic heterocycles. The second kappa shape index (κ2) is 6.98. The first-order chi connectivity index (χ1) is 8.92. The van der Waals surface area contributed by atoms with E-state index in [2.05, 4.69) is 10.1 Å². The number of hydrogen-bond acceptors (Lipinski definition) is 3. The Balaban J connectivity index is 2.60. The van der Waals surface area contributed by atoms with Crippen LogP contribution in [-0.2, 0) is 11.3 Å². The molecule has 0 fully saturated rings. The number of aliphatic hydroxyl groups is 1. The number of nitrogens with one attached hydrogen (secondary N) is 1. The third kappa shape index (κ3) is 6.10. The normalized spacial score (nSPS) is 11.2. The van der Waals surface area contributed by atoms with Gasteiger partial charge in [0.25, 0.3) is 0 Å². The molecule has 0 atom stereocenters. The average molecular weight is 277 g/mol. The van der Waals surface area contributed by atoms with Crippen LogP contribution in [0.25, 0.3) is 0 Å². The quantitative estimate of drug-likeness (QED) is 0.836. The molecule has 1 aromatic rings. The van der Waals surface area contributed by atoms with Crippen LogP contribution in [0.15, 0.2) is 24.3 Å². The molecular weight excluding hydrogens is 263 g/mol. The monoisotopic (exact) mass is 277 g/mol. The van der Waals surface area contributed by atoms with Crippen molar-refractivity contribution in [1.29, 1.82) is 0 Å². The van der Waals surface area contributed by atoms with Crippen LogP contribution in [0.4, 0.5) is 13.2 Å². The zero-order chi connectivity index (χ0) is 14.3. The Morgan fingerprint density at radius 1 is 1.32 bits per heavy atom. The number of alkyl halides is 3. The Hall–Kier alpha value is -1.76. The number of halogens is 3. The lowest BCUT2D eigenvalue weighted by Gasteiger charge is -2.13. The highest BCUT2D eigenvalue weighted by Crippen LogP contribution is 2.25. The lowest BCUT2D eigenvalue weighted by Crippen LogP contribution is -2.24. The van der Waals surface area contributed by atoms with Crippen molar-refractivity contribution < 1.29 is 27.8 Å². The van der Waals surface area contributed by atoms with Gasteiger partial charge < -0.3 is 15.2 Å². The van der Waals surface area contributed by atoms with Gasteiger partial charge in [0.15, 0.2) is 0 Å². The zero-order valence-electron chi connectivity index (χ0n) is 10.0. The van der Waals surface area contributed by atoms with Crippen molar-refractivity contribution in [1.82, 2.24) is 5.32 Å². The van der Waals surface area contributed by atoms with Gasteiger partial charge in [0, 0.05) is 25.1 Å². The summed E-state index contributed by atoms with van der Waals surface area (Å²) in [4.78, 5) is 11.3. The summed E-state index contributed by atoms with van der Waals surface area (Å²) < 4.78 is 40.3. The highest BCUT2D eigenvalue weighted by molar-refractivity contribution is 5.75. The van der Waals surface area contributed by atoms with E-state index in [0.717, 1.165) is 0 Å². The van der Waals surface area contributed by atoms with Crippen molar-refractivity contribution in [2.45, 2.75) is 25.7 Å². The Bertz CT molecular complexity index is 421. The number of carbonyl (C=O) groups excluding carboxylic acids is 1. The van der Waals surface area contributed by atoms with Gasteiger partial charge in [-0.15, -0.1) is 13.2 Å². The zero-order valence-corrected chi connectivity index (χ0v) is 10.0. The third-order valence-electron chi connectivity index (χ3n) is 2.24. The number of carbonyl (C=O) groups is 1. The van der Waals surface area contributed by atoms with E-state index in [0.29, 0.717) is 6.42 Å². The molecule has 19 heavy (non-hydrogen) atoms. The van der Waals surface area contributed by atoms with Gasteiger partial charge in [-0.3, -0.25) is 4.79 Å². The number of aliphatic hydroxyl groups excluding tert-OH is 1. The van der Waals surface area contributed by atoms with E-state index in [1.807, 2.05) is 0 Å². The number of ether oxygens (including phenoxy) is 1. The fourth-order valence-corrected chi connectivity index (χ4v) is 1.40. The number of rotatable bonds is 6. The van der Waals surface area contributed by atoms with Crippen molar-refractivity contribution >= 4 is 5.91 Å². The van der Waals surface area contributed by atoms with Crippen LogP contribution in [0.3, 0.4) is 0 Å². The molecule has 0 unspecified atom stereocenters. The predicted octanol–water partition coefficient (Wildman–Crippen LogP) is 1.97. The first-order valence-electron chi connectivity index (χ1n) is 5.63. The van der Waals surface area contributed by atoms with Gasteiger partial charge in [-0.2, -0.15) is 0 Å². The van der Waals surface area contributed by atoms with E-state index < -0.39 is 6.36 Å². The molecule has 106 valence electrons. The van der Waals surface area contributed by atoms with Crippen LogP contribution in [0.1, 0.15) is 18.4 Å². The Morgan fingerprint density at radius 3 is 2.63 bits per heavy atom. The topological polar surface area (TPSA) is 58.6 Å². The highest BCUT2D eigenvalue weighted by atomic mass is 19.4. The molecule has 0 aliphatic rings. The van der Waals surface area contributed by atoms with Crippen LogP contribution in [0.2, 0.25) is 0 Å². The highest BCUT2D eigenvalue weighted by Gasteiger charge is 2.31. The second-order valence-electron chi connectivity index (χ2n) is 3.76. The van der Waals surface area contributed by atoms with E-state index in [1.54, 1.807) is 6.07 Å². The van der Waals surface area contributed by atoms with Gasteiger partial charge in [-0.05, 0) is 12.5 Å². The Kier molecular flexibility index (Phi) is 5.62. The van der Waals surface area contributed by atoms with E-state index >= 15 is 0 Å². The summed E-state index contributed by atoms with van der Waals surface area (Å²) in [5.41, 5.74) is 0.233. The summed E-state index contributed by atoms with van der Waals surface area (Å²) in [6.07, 6.45) is -4.33. The molecule has 1 amide bonds. The van der Waals surface area contributed by atoms with Gasteiger partial charge in [-0.1, -0.05) is 18.2 Å². The molecule has 0 radical (unpaired) electrons. The smallest absolute Gasteiger partial charge is 0.405 e. The lowest BCUT2D eigenvalue weighted by atomic mass is 10.2. The van der Waals surface area contributed by atoms with Crippen LogP contribution < -0.4 is 10.1 Å². The van der Waals surface area contributed by atoms with Crippen molar-refractivity contribution in [3.8, 4) is 5.75 Å². The minimum atomic E-state index is -4.77. The summed E-state index contributed by atoms with van der Waals surface area (Å²) >= 11 is 0. The molecule has 0 aromatic heterocycles. The maximum atomic E-state index is 12.1. The fraction of sp³-hybridized carbons (Fsp3) is 0.417. The first-order valence-corrected chi connectivity index (χ1v) is 5.63. The molecule has 1 rings (SSSR count). The molecule has 0 saturated carbocycles. The fourth-order valence-electron chi connectivity index (χ4n) is 1.40. The van der Waals surface area contributed by atoms with Gasteiger partial charge in [0.1, 0.15) is 5.75 Å². The van der Waals surface area contributed by atoms with E-state index in [1.165, 1.54) is 18.2 Å². The standard InChI is InChI=1S/C12H14F3NO3/c13-12(14,15)19-10-5-2-1-4-9(10)8-16-11(18)6-3-7-17/h1-2,4-5,17H,3,6-8H2,(H,16,18). The van der Waals surface area contributed by atoms with Crippen LogP contribution in [-0.4, -0.2) is 24.0 Å². The largest absolute Gasteiger partial charge is 0.573 e. The molecule has 0 spiro atoms. The molecule has 0 heterocycles. The van der Waals surface area contributed by atoms with Crippen LogP contribution in [0.5, 0.6) is 5.75 Å². The molecule has 4 nitrogen and oxygen atoms in total.